The second-order valence-electron chi connectivity index (χ2n) is 7.42. The molecule has 0 bridgehead atoms. The summed E-state index contributed by atoms with van der Waals surface area (Å²) in [7, 11) is 0. The van der Waals surface area contributed by atoms with Crippen molar-refractivity contribution in [2.75, 3.05) is 0 Å². The Bertz CT molecular complexity index is 1020. The number of phenolic OH excluding ortho intramolecular Hbond substituents is 1. The lowest BCUT2D eigenvalue weighted by Crippen LogP contribution is -2.34. The molecule has 0 fully saturated rings. The number of carbonyl (C=O) groups excluding carboxylic acids is 2. The Hall–Kier alpha value is -3.34. The summed E-state index contributed by atoms with van der Waals surface area (Å²) in [5, 5.41) is 13.3. The van der Waals surface area contributed by atoms with Crippen LogP contribution in [-0.4, -0.2) is 16.9 Å². The van der Waals surface area contributed by atoms with Gasteiger partial charge in [-0.1, -0.05) is 42.5 Å². The number of hydrogen-bond donors (Lipinski definition) is 2. The summed E-state index contributed by atoms with van der Waals surface area (Å²) in [6, 6.07) is 16.2. The summed E-state index contributed by atoms with van der Waals surface area (Å²) in [5.41, 5.74) is 4.18. The van der Waals surface area contributed by atoms with Gasteiger partial charge in [0.15, 0.2) is 5.78 Å². The van der Waals surface area contributed by atoms with Crippen LogP contribution < -0.4 is 5.32 Å². The van der Waals surface area contributed by atoms with Crippen LogP contribution in [0.2, 0.25) is 0 Å². The van der Waals surface area contributed by atoms with E-state index in [0.717, 1.165) is 24.1 Å². The van der Waals surface area contributed by atoms with E-state index in [-0.39, 0.29) is 18.1 Å². The fourth-order valence-electron chi connectivity index (χ4n) is 4.09. The number of dihydropyridines is 1. The van der Waals surface area contributed by atoms with E-state index in [9.17, 15) is 14.7 Å². The number of allylic oxidation sites excluding steroid dienone is 3. The fourth-order valence-corrected chi connectivity index (χ4v) is 4.09. The standard InChI is InChI=1S/C24H23NO4/c1-15-21(24(28)29-14-16-7-3-2-4-8-16)22(17-9-5-10-18(26)13-17)23-19(25-15)11-6-12-20(23)27/h2-5,7-10,13,22,25-26H,6,11-12,14H2,1H3/t22-/m0/s1. The molecule has 0 saturated heterocycles. The van der Waals surface area contributed by atoms with Crippen LogP contribution in [0.25, 0.3) is 0 Å². The number of rotatable bonds is 4. The fraction of sp³-hybridized carbons (Fsp3) is 0.250. The van der Waals surface area contributed by atoms with Gasteiger partial charge in [0.1, 0.15) is 12.4 Å². The number of nitrogens with one attached hydrogen (secondary N) is 1. The predicted molar refractivity (Wildman–Crippen MR) is 109 cm³/mol. The third kappa shape index (κ3) is 3.81. The average molecular weight is 389 g/mol. The number of ketones is 1. The molecular weight excluding hydrogens is 366 g/mol. The van der Waals surface area contributed by atoms with Gasteiger partial charge in [0.25, 0.3) is 0 Å². The minimum atomic E-state index is -0.547. The SMILES string of the molecule is CC1=C(C(=O)OCc2ccccc2)[C@H](c2cccc(O)c2)C2=C(CCCC2=O)N1. The first-order valence-corrected chi connectivity index (χ1v) is 9.78. The number of aromatic hydroxyl groups is 1. The minimum Gasteiger partial charge on any atom is -0.508 e. The molecule has 1 aliphatic heterocycles. The number of benzene rings is 2. The van der Waals surface area contributed by atoms with Gasteiger partial charge in [-0.3, -0.25) is 4.79 Å². The van der Waals surface area contributed by atoms with Crippen LogP contribution in [-0.2, 0) is 20.9 Å². The molecule has 0 radical (unpaired) electrons. The summed E-state index contributed by atoms with van der Waals surface area (Å²) in [6.07, 6.45) is 2.01. The van der Waals surface area contributed by atoms with Crippen molar-refractivity contribution in [2.24, 2.45) is 0 Å². The van der Waals surface area contributed by atoms with E-state index < -0.39 is 11.9 Å². The molecule has 2 aromatic rings. The highest BCUT2D eigenvalue weighted by Crippen LogP contribution is 2.43. The molecule has 0 amide bonds. The molecular formula is C24H23NO4. The van der Waals surface area contributed by atoms with Crippen LogP contribution in [0.3, 0.4) is 0 Å². The van der Waals surface area contributed by atoms with E-state index in [1.807, 2.05) is 43.3 Å². The van der Waals surface area contributed by atoms with Crippen LogP contribution in [0.1, 0.15) is 43.2 Å². The summed E-state index contributed by atoms with van der Waals surface area (Å²) >= 11 is 0. The minimum absolute atomic E-state index is 0.0351. The van der Waals surface area contributed by atoms with Crippen LogP contribution >= 0.6 is 0 Å². The van der Waals surface area contributed by atoms with Gasteiger partial charge in [0.2, 0.25) is 0 Å². The highest BCUT2D eigenvalue weighted by atomic mass is 16.5. The van der Waals surface area contributed by atoms with Gasteiger partial charge in [-0.2, -0.15) is 0 Å². The molecule has 2 aromatic carbocycles. The van der Waals surface area contributed by atoms with Gasteiger partial charge in [-0.05, 0) is 43.0 Å². The molecule has 5 heteroatoms. The smallest absolute Gasteiger partial charge is 0.337 e. The first-order valence-electron chi connectivity index (χ1n) is 9.78. The van der Waals surface area contributed by atoms with E-state index in [1.54, 1.807) is 18.2 Å². The van der Waals surface area contributed by atoms with Crippen molar-refractivity contribution in [2.45, 2.75) is 38.7 Å². The Balaban J connectivity index is 1.72. The van der Waals surface area contributed by atoms with Gasteiger partial charge >= 0.3 is 5.97 Å². The summed E-state index contributed by atoms with van der Waals surface area (Å²) < 4.78 is 5.60. The number of esters is 1. The summed E-state index contributed by atoms with van der Waals surface area (Å²) in [6.45, 7) is 1.99. The van der Waals surface area contributed by atoms with Gasteiger partial charge in [0.05, 0.1) is 5.57 Å². The van der Waals surface area contributed by atoms with Crippen LogP contribution in [0.5, 0.6) is 5.75 Å². The number of Topliss-reactive ketones (excluding diaryl/α,β-unsaturated/α-hetero) is 1. The van der Waals surface area contributed by atoms with Crippen molar-refractivity contribution in [3.05, 3.63) is 88.3 Å². The number of hydrogen-bond acceptors (Lipinski definition) is 5. The molecule has 2 aliphatic rings. The maximum Gasteiger partial charge on any atom is 0.337 e. The highest BCUT2D eigenvalue weighted by molar-refractivity contribution is 6.03. The molecule has 4 rings (SSSR count). The molecule has 1 heterocycles. The summed E-state index contributed by atoms with van der Waals surface area (Å²) in [4.78, 5) is 25.9. The Kier molecular flexibility index (Phi) is 5.21. The second-order valence-corrected chi connectivity index (χ2v) is 7.42. The number of carbonyl (C=O) groups is 2. The molecule has 0 spiro atoms. The lowest BCUT2D eigenvalue weighted by molar-refractivity contribution is -0.140. The van der Waals surface area contributed by atoms with E-state index in [1.165, 1.54) is 0 Å². The van der Waals surface area contributed by atoms with Gasteiger partial charge in [0, 0.05) is 29.3 Å². The van der Waals surface area contributed by atoms with E-state index in [0.29, 0.717) is 28.8 Å². The van der Waals surface area contributed by atoms with E-state index >= 15 is 0 Å². The second kappa shape index (κ2) is 7.95. The Morgan fingerprint density at radius 2 is 1.93 bits per heavy atom. The van der Waals surface area contributed by atoms with E-state index in [2.05, 4.69) is 5.32 Å². The molecule has 29 heavy (non-hydrogen) atoms. The Morgan fingerprint density at radius 1 is 1.14 bits per heavy atom. The molecule has 1 atom stereocenters. The summed E-state index contributed by atoms with van der Waals surface area (Å²) in [5.74, 6) is -0.874. The van der Waals surface area contributed by atoms with E-state index in [4.69, 9.17) is 4.74 Å². The van der Waals surface area contributed by atoms with Crippen molar-refractivity contribution in [3.8, 4) is 5.75 Å². The lowest BCUT2D eigenvalue weighted by Gasteiger charge is -2.34. The van der Waals surface area contributed by atoms with Crippen LogP contribution in [0.4, 0.5) is 0 Å². The average Bonchev–Trinajstić information content (AvgIpc) is 2.72. The Morgan fingerprint density at radius 3 is 2.69 bits per heavy atom. The number of phenols is 1. The van der Waals surface area contributed by atoms with Gasteiger partial charge < -0.3 is 15.2 Å². The molecule has 0 aromatic heterocycles. The predicted octanol–water partition coefficient (Wildman–Crippen LogP) is 4.10. The topological polar surface area (TPSA) is 75.6 Å². The first kappa shape index (κ1) is 19.0. The zero-order valence-electron chi connectivity index (χ0n) is 16.3. The molecule has 148 valence electrons. The van der Waals surface area contributed by atoms with Crippen molar-refractivity contribution in [1.29, 1.82) is 0 Å². The molecule has 2 N–H and O–H groups in total. The number of ether oxygens (including phenoxy) is 1. The van der Waals surface area contributed by atoms with Crippen LogP contribution in [0.15, 0.2) is 77.1 Å². The third-order valence-corrected chi connectivity index (χ3v) is 5.41. The lowest BCUT2D eigenvalue weighted by atomic mass is 9.75. The zero-order valence-corrected chi connectivity index (χ0v) is 16.3. The maximum atomic E-state index is 13.1. The third-order valence-electron chi connectivity index (χ3n) is 5.41. The van der Waals surface area contributed by atoms with Crippen molar-refractivity contribution in [3.63, 3.8) is 0 Å². The van der Waals surface area contributed by atoms with Gasteiger partial charge in [-0.25, -0.2) is 4.79 Å². The molecule has 5 nitrogen and oxygen atoms in total. The van der Waals surface area contributed by atoms with Crippen molar-refractivity contribution < 1.29 is 19.4 Å². The van der Waals surface area contributed by atoms with Gasteiger partial charge in [-0.15, -0.1) is 0 Å². The Labute approximate surface area is 169 Å². The monoisotopic (exact) mass is 389 g/mol. The van der Waals surface area contributed by atoms with Crippen molar-refractivity contribution >= 4 is 11.8 Å². The first-order chi connectivity index (χ1) is 14.0. The molecule has 0 unspecified atom stereocenters. The maximum absolute atomic E-state index is 13.1. The highest BCUT2D eigenvalue weighted by Gasteiger charge is 2.39. The van der Waals surface area contributed by atoms with Crippen LogP contribution in [0, 0.1) is 0 Å². The quantitative estimate of drug-likeness (QED) is 0.770. The van der Waals surface area contributed by atoms with Crippen molar-refractivity contribution in [1.82, 2.24) is 5.32 Å². The largest absolute Gasteiger partial charge is 0.508 e. The molecule has 1 aliphatic carbocycles. The normalized spacial score (nSPS) is 18.9. The molecule has 0 saturated carbocycles. The zero-order chi connectivity index (χ0) is 20.4.